The lowest BCUT2D eigenvalue weighted by atomic mass is 10.2. The lowest BCUT2D eigenvalue weighted by Crippen LogP contribution is -2.46. The summed E-state index contributed by atoms with van der Waals surface area (Å²) in [7, 11) is 0. The lowest BCUT2D eigenvalue weighted by molar-refractivity contribution is -0.0413. The highest BCUT2D eigenvalue weighted by Gasteiger charge is 2.30. The van der Waals surface area contributed by atoms with E-state index in [0.717, 1.165) is 24.6 Å². The number of nitrogens with zero attached hydrogens (tertiary/aromatic N) is 1. The number of rotatable bonds is 5. The molecule has 1 heterocycles. The highest BCUT2D eigenvalue weighted by atomic mass is 16.5. The highest BCUT2D eigenvalue weighted by Crippen LogP contribution is 2.30. The highest BCUT2D eigenvalue weighted by molar-refractivity contribution is 5.65. The van der Waals surface area contributed by atoms with Crippen molar-refractivity contribution in [1.82, 2.24) is 4.90 Å². The van der Waals surface area contributed by atoms with Crippen molar-refractivity contribution in [2.45, 2.75) is 32.4 Å². The van der Waals surface area contributed by atoms with E-state index < -0.39 is 0 Å². The third kappa shape index (κ3) is 3.74. The summed E-state index contributed by atoms with van der Waals surface area (Å²) in [6.45, 7) is 6.40. The van der Waals surface area contributed by atoms with Crippen molar-refractivity contribution >= 4 is 11.4 Å². The molecule has 2 aromatic rings. The zero-order valence-electron chi connectivity index (χ0n) is 14.3. The van der Waals surface area contributed by atoms with E-state index in [4.69, 9.17) is 20.9 Å². The smallest absolute Gasteiger partial charge is 0.157 e. The summed E-state index contributed by atoms with van der Waals surface area (Å²) in [4.78, 5) is 2.37. The Balaban J connectivity index is 1.65. The summed E-state index contributed by atoms with van der Waals surface area (Å²) in [5.41, 5.74) is 12.3. The first-order valence-corrected chi connectivity index (χ1v) is 8.31. The first-order valence-electron chi connectivity index (χ1n) is 8.31. The van der Waals surface area contributed by atoms with E-state index in [1.165, 1.54) is 12.8 Å². The number of nitrogen functional groups attached to an aromatic ring is 2. The Morgan fingerprint density at radius 2 is 1.42 bits per heavy atom. The molecule has 0 amide bonds. The summed E-state index contributed by atoms with van der Waals surface area (Å²) in [6, 6.07) is 12.9. The zero-order chi connectivity index (χ0) is 17.2. The molecule has 0 unspecified atom stereocenters. The largest absolute Gasteiger partial charge is 0.473 e. The minimum Gasteiger partial charge on any atom is -0.473 e. The molecular weight excluding hydrogens is 302 g/mol. The number of benzene rings is 2. The number of anilines is 2. The van der Waals surface area contributed by atoms with Crippen LogP contribution < -0.4 is 20.9 Å². The molecule has 24 heavy (non-hydrogen) atoms. The van der Waals surface area contributed by atoms with Gasteiger partial charge in [-0.1, -0.05) is 0 Å². The molecule has 1 aliphatic rings. The Kier molecular flexibility index (Phi) is 4.53. The van der Waals surface area contributed by atoms with Gasteiger partial charge in [-0.2, -0.15) is 0 Å². The SMILES string of the molecule is CC(C)(Oc1ccc(Oc2ccc(N)c(N)c2)cc1)N1CCCC1. The van der Waals surface area contributed by atoms with Crippen LogP contribution in [-0.2, 0) is 0 Å². The summed E-state index contributed by atoms with van der Waals surface area (Å²) >= 11 is 0. The number of hydrogen-bond donors (Lipinski definition) is 2. The predicted octanol–water partition coefficient (Wildman–Crippen LogP) is 3.85. The van der Waals surface area contributed by atoms with E-state index in [0.29, 0.717) is 17.1 Å². The first kappa shape index (κ1) is 16.5. The van der Waals surface area contributed by atoms with Crippen molar-refractivity contribution in [3.63, 3.8) is 0 Å². The Morgan fingerprint density at radius 3 is 2.04 bits per heavy atom. The number of nitrogens with two attached hydrogens (primary N) is 2. The van der Waals surface area contributed by atoms with Gasteiger partial charge >= 0.3 is 0 Å². The van der Waals surface area contributed by atoms with Crippen LogP contribution in [0.1, 0.15) is 26.7 Å². The van der Waals surface area contributed by atoms with E-state index >= 15 is 0 Å². The molecule has 1 aliphatic heterocycles. The van der Waals surface area contributed by atoms with Crippen LogP contribution >= 0.6 is 0 Å². The normalized spacial score (nSPS) is 15.4. The topological polar surface area (TPSA) is 73.7 Å². The molecule has 2 aromatic carbocycles. The number of ether oxygens (including phenoxy) is 2. The van der Waals surface area contributed by atoms with Crippen LogP contribution in [0.3, 0.4) is 0 Å². The predicted molar refractivity (Wildman–Crippen MR) is 97.3 cm³/mol. The molecule has 3 rings (SSSR count). The maximum Gasteiger partial charge on any atom is 0.157 e. The van der Waals surface area contributed by atoms with E-state index in [-0.39, 0.29) is 5.72 Å². The van der Waals surface area contributed by atoms with Gasteiger partial charge in [-0.15, -0.1) is 0 Å². The van der Waals surface area contributed by atoms with E-state index in [1.54, 1.807) is 18.2 Å². The molecule has 5 nitrogen and oxygen atoms in total. The van der Waals surface area contributed by atoms with E-state index in [2.05, 4.69) is 18.7 Å². The number of likely N-dealkylation sites (tertiary alicyclic amines) is 1. The van der Waals surface area contributed by atoms with Crippen LogP contribution in [-0.4, -0.2) is 23.7 Å². The zero-order valence-corrected chi connectivity index (χ0v) is 14.3. The average Bonchev–Trinajstić information content (AvgIpc) is 3.08. The maximum atomic E-state index is 6.16. The van der Waals surface area contributed by atoms with Crippen molar-refractivity contribution in [2.75, 3.05) is 24.6 Å². The molecule has 5 heteroatoms. The molecule has 0 aliphatic carbocycles. The lowest BCUT2D eigenvalue weighted by Gasteiger charge is -2.35. The fourth-order valence-corrected chi connectivity index (χ4v) is 2.94. The minimum absolute atomic E-state index is 0.301. The fourth-order valence-electron chi connectivity index (χ4n) is 2.94. The molecule has 0 atom stereocenters. The summed E-state index contributed by atoms with van der Waals surface area (Å²) < 4.78 is 12.0. The third-order valence-electron chi connectivity index (χ3n) is 4.35. The van der Waals surface area contributed by atoms with Crippen molar-refractivity contribution in [3.05, 3.63) is 42.5 Å². The van der Waals surface area contributed by atoms with Crippen LogP contribution in [0, 0.1) is 0 Å². The molecule has 0 saturated carbocycles. The second kappa shape index (κ2) is 6.61. The third-order valence-corrected chi connectivity index (χ3v) is 4.35. The molecule has 0 radical (unpaired) electrons. The van der Waals surface area contributed by atoms with Crippen molar-refractivity contribution in [3.8, 4) is 17.2 Å². The molecule has 1 saturated heterocycles. The van der Waals surface area contributed by atoms with Crippen LogP contribution in [0.5, 0.6) is 17.2 Å². The molecule has 128 valence electrons. The minimum atomic E-state index is -0.301. The second-order valence-electron chi connectivity index (χ2n) is 6.61. The van der Waals surface area contributed by atoms with Gasteiger partial charge < -0.3 is 20.9 Å². The molecule has 0 aromatic heterocycles. The second-order valence-corrected chi connectivity index (χ2v) is 6.61. The van der Waals surface area contributed by atoms with Crippen LogP contribution in [0.2, 0.25) is 0 Å². The van der Waals surface area contributed by atoms with Gasteiger partial charge in [0.15, 0.2) is 5.72 Å². The molecule has 0 spiro atoms. The molecular formula is C19H25N3O2. The quantitative estimate of drug-likeness (QED) is 0.816. The van der Waals surface area contributed by atoms with E-state index in [9.17, 15) is 0 Å². The van der Waals surface area contributed by atoms with Gasteiger partial charge in [0.05, 0.1) is 11.4 Å². The summed E-state index contributed by atoms with van der Waals surface area (Å²) in [6.07, 6.45) is 2.48. The van der Waals surface area contributed by atoms with Gasteiger partial charge in [0.1, 0.15) is 17.2 Å². The van der Waals surface area contributed by atoms with Gasteiger partial charge in [0.25, 0.3) is 0 Å². The molecule has 0 bridgehead atoms. The molecule has 4 N–H and O–H groups in total. The van der Waals surface area contributed by atoms with Crippen LogP contribution in [0.4, 0.5) is 11.4 Å². The van der Waals surface area contributed by atoms with Gasteiger partial charge in [-0.05, 0) is 63.1 Å². The Hall–Kier alpha value is -2.40. The van der Waals surface area contributed by atoms with Gasteiger partial charge in [0, 0.05) is 19.2 Å². The Morgan fingerprint density at radius 1 is 0.833 bits per heavy atom. The summed E-state index contributed by atoms with van der Waals surface area (Å²) in [5.74, 6) is 2.22. The van der Waals surface area contributed by atoms with Crippen molar-refractivity contribution < 1.29 is 9.47 Å². The Labute approximate surface area is 143 Å². The summed E-state index contributed by atoms with van der Waals surface area (Å²) in [5, 5.41) is 0. The van der Waals surface area contributed by atoms with Crippen LogP contribution in [0.25, 0.3) is 0 Å². The van der Waals surface area contributed by atoms with E-state index in [1.807, 2.05) is 24.3 Å². The maximum absolute atomic E-state index is 6.16. The fraction of sp³-hybridized carbons (Fsp3) is 0.368. The first-order chi connectivity index (χ1) is 11.4. The van der Waals surface area contributed by atoms with Crippen molar-refractivity contribution in [1.29, 1.82) is 0 Å². The number of hydrogen-bond acceptors (Lipinski definition) is 5. The van der Waals surface area contributed by atoms with Gasteiger partial charge in [-0.3, -0.25) is 4.90 Å². The van der Waals surface area contributed by atoms with Gasteiger partial charge in [-0.25, -0.2) is 0 Å². The monoisotopic (exact) mass is 327 g/mol. The van der Waals surface area contributed by atoms with Crippen LogP contribution in [0.15, 0.2) is 42.5 Å². The van der Waals surface area contributed by atoms with Crippen molar-refractivity contribution in [2.24, 2.45) is 0 Å². The molecule has 1 fully saturated rings. The van der Waals surface area contributed by atoms with Gasteiger partial charge in [0.2, 0.25) is 0 Å². The Bertz CT molecular complexity index is 692. The average molecular weight is 327 g/mol. The standard InChI is InChI=1S/C19H25N3O2/c1-19(2,22-11-3-4-12-22)24-15-7-5-14(6-8-15)23-16-9-10-17(20)18(21)13-16/h5-10,13H,3-4,11-12,20-21H2,1-2H3.